The van der Waals surface area contributed by atoms with Gasteiger partial charge in [0.1, 0.15) is 6.17 Å². The Hall–Kier alpha value is 0.230. The smallest absolute Gasteiger partial charge is 0.324 e. The second-order valence-corrected chi connectivity index (χ2v) is 7.32. The number of alkyl halides is 1. The summed E-state index contributed by atoms with van der Waals surface area (Å²) in [6.07, 6.45) is -3.09. The third kappa shape index (κ3) is 1.61. The highest BCUT2D eigenvalue weighted by atomic mass is 31.2. The lowest BCUT2D eigenvalue weighted by molar-refractivity contribution is 0.149. The van der Waals surface area contributed by atoms with Crippen LogP contribution in [-0.2, 0) is 9.13 Å². The van der Waals surface area contributed by atoms with Crippen molar-refractivity contribution in [2.24, 2.45) is 0 Å². The Morgan fingerprint density at radius 2 is 1.38 bits per heavy atom. The van der Waals surface area contributed by atoms with E-state index in [-0.39, 0.29) is 0 Å². The van der Waals surface area contributed by atoms with Crippen LogP contribution in [-0.4, -0.2) is 30.6 Å². The summed E-state index contributed by atoms with van der Waals surface area (Å²) in [5, 5.41) is 0. The second-order valence-electron chi connectivity index (χ2n) is 3.08. The van der Waals surface area contributed by atoms with Crippen molar-refractivity contribution in [3.05, 3.63) is 0 Å². The molecule has 1 saturated carbocycles. The van der Waals surface area contributed by atoms with Gasteiger partial charge in [0, 0.05) is 12.8 Å². The summed E-state index contributed by atoms with van der Waals surface area (Å²) in [5.41, 5.74) is 0. The first kappa shape index (κ1) is 11.3. The summed E-state index contributed by atoms with van der Waals surface area (Å²) >= 11 is 0. The van der Waals surface area contributed by atoms with E-state index in [4.69, 9.17) is 19.6 Å². The first-order valence-corrected chi connectivity index (χ1v) is 6.58. The molecule has 0 aromatic carbocycles. The first-order chi connectivity index (χ1) is 5.60. The molecule has 0 heterocycles. The minimum Gasteiger partial charge on any atom is -0.324 e. The van der Waals surface area contributed by atoms with E-state index in [1.165, 1.54) is 0 Å². The minimum absolute atomic E-state index is 0.776. The average Bonchev–Trinajstić information content (AvgIpc) is 1.74. The van der Waals surface area contributed by atoms with Crippen LogP contribution >= 0.6 is 15.2 Å². The molecule has 1 rings (SSSR count). The monoisotopic (exact) mass is 234 g/mol. The Morgan fingerprint density at radius 1 is 1.08 bits per heavy atom. The van der Waals surface area contributed by atoms with E-state index in [2.05, 4.69) is 0 Å². The Balaban J connectivity index is 3.07. The normalized spacial score (nSPS) is 24.1. The van der Waals surface area contributed by atoms with Crippen LogP contribution in [0.1, 0.15) is 12.8 Å². The standard InChI is InChI=1S/C4H9FO6P2/c5-3-1-4(2-3,12(6,7)8)13(9,10)11/h3H,1-2H2,(H2,6,7,8)(H2,9,10,11). The maximum absolute atomic E-state index is 12.4. The fourth-order valence-electron chi connectivity index (χ4n) is 1.30. The summed E-state index contributed by atoms with van der Waals surface area (Å²) in [5.74, 6) is 0. The van der Waals surface area contributed by atoms with Crippen molar-refractivity contribution in [3.8, 4) is 0 Å². The molecular weight excluding hydrogens is 225 g/mol. The maximum Gasteiger partial charge on any atom is 0.343 e. The predicted octanol–water partition coefficient (Wildman–Crippen LogP) is 0.170. The van der Waals surface area contributed by atoms with E-state index in [0.29, 0.717) is 0 Å². The fraction of sp³-hybridized carbons (Fsp3) is 1.00. The van der Waals surface area contributed by atoms with Crippen molar-refractivity contribution in [2.75, 3.05) is 0 Å². The number of rotatable bonds is 2. The van der Waals surface area contributed by atoms with Crippen LogP contribution < -0.4 is 0 Å². The molecule has 1 fully saturated rings. The van der Waals surface area contributed by atoms with E-state index in [1.807, 2.05) is 0 Å². The molecule has 0 aromatic rings. The van der Waals surface area contributed by atoms with Crippen LogP contribution in [0.25, 0.3) is 0 Å². The van der Waals surface area contributed by atoms with Gasteiger partial charge in [-0.3, -0.25) is 9.13 Å². The molecule has 0 atom stereocenters. The lowest BCUT2D eigenvalue weighted by Crippen LogP contribution is -2.44. The molecule has 4 N–H and O–H groups in total. The second kappa shape index (κ2) is 2.86. The van der Waals surface area contributed by atoms with Crippen molar-refractivity contribution in [1.82, 2.24) is 0 Å². The highest BCUT2D eigenvalue weighted by Gasteiger charge is 2.67. The average molecular weight is 234 g/mol. The van der Waals surface area contributed by atoms with Gasteiger partial charge in [-0.2, -0.15) is 0 Å². The predicted molar refractivity (Wildman–Crippen MR) is 40.9 cm³/mol. The Bertz CT molecular complexity index is 274. The Labute approximate surface area is 73.1 Å². The van der Waals surface area contributed by atoms with Gasteiger partial charge >= 0.3 is 15.2 Å². The van der Waals surface area contributed by atoms with E-state index >= 15 is 0 Å². The summed E-state index contributed by atoms with van der Waals surface area (Å²) < 4.78 is 33.9. The van der Waals surface area contributed by atoms with Gasteiger partial charge in [0.05, 0.1) is 0 Å². The van der Waals surface area contributed by atoms with E-state index in [1.54, 1.807) is 0 Å². The van der Waals surface area contributed by atoms with E-state index < -0.39 is 39.1 Å². The van der Waals surface area contributed by atoms with Crippen molar-refractivity contribution < 1.29 is 33.1 Å². The van der Waals surface area contributed by atoms with E-state index in [0.717, 1.165) is 0 Å². The summed E-state index contributed by atoms with van der Waals surface area (Å²) in [6, 6.07) is 0. The zero-order chi connectivity index (χ0) is 10.5. The van der Waals surface area contributed by atoms with Gasteiger partial charge in [-0.25, -0.2) is 4.39 Å². The molecule has 0 aromatic heterocycles. The molecule has 0 radical (unpaired) electrons. The Morgan fingerprint density at radius 3 is 1.46 bits per heavy atom. The molecule has 0 saturated heterocycles. The third-order valence-corrected chi connectivity index (χ3v) is 6.64. The zero-order valence-corrected chi connectivity index (χ0v) is 8.16. The van der Waals surface area contributed by atoms with Gasteiger partial charge in [0.2, 0.25) is 0 Å². The van der Waals surface area contributed by atoms with Crippen molar-refractivity contribution in [3.63, 3.8) is 0 Å². The van der Waals surface area contributed by atoms with Gasteiger partial charge in [-0.15, -0.1) is 0 Å². The largest absolute Gasteiger partial charge is 0.343 e. The summed E-state index contributed by atoms with van der Waals surface area (Å²) in [4.78, 5) is 32.3. The summed E-state index contributed by atoms with van der Waals surface area (Å²) in [6.45, 7) is 0. The van der Waals surface area contributed by atoms with Crippen LogP contribution in [0.2, 0.25) is 0 Å². The lowest BCUT2D eigenvalue weighted by atomic mass is 9.96. The van der Waals surface area contributed by atoms with Gasteiger partial charge in [-0.1, -0.05) is 0 Å². The molecule has 0 bridgehead atoms. The van der Waals surface area contributed by atoms with Gasteiger partial charge < -0.3 is 19.6 Å². The molecule has 0 spiro atoms. The van der Waals surface area contributed by atoms with Gasteiger partial charge in [-0.05, 0) is 0 Å². The molecule has 0 aliphatic heterocycles. The van der Waals surface area contributed by atoms with Gasteiger partial charge in [0.15, 0.2) is 4.90 Å². The zero-order valence-electron chi connectivity index (χ0n) is 6.37. The summed E-state index contributed by atoms with van der Waals surface area (Å²) in [7, 11) is -9.93. The van der Waals surface area contributed by atoms with E-state index in [9.17, 15) is 13.5 Å². The molecule has 6 nitrogen and oxygen atoms in total. The lowest BCUT2D eigenvalue weighted by Gasteiger charge is -2.43. The molecule has 78 valence electrons. The number of hydrogen-bond donors (Lipinski definition) is 4. The quantitative estimate of drug-likeness (QED) is 0.506. The molecule has 13 heavy (non-hydrogen) atoms. The maximum atomic E-state index is 12.4. The van der Waals surface area contributed by atoms with Crippen LogP contribution in [0.15, 0.2) is 0 Å². The highest BCUT2D eigenvalue weighted by Crippen LogP contribution is 2.77. The highest BCUT2D eigenvalue weighted by molar-refractivity contribution is 7.72. The molecule has 1 aliphatic rings. The van der Waals surface area contributed by atoms with Crippen molar-refractivity contribution >= 4 is 15.2 Å². The van der Waals surface area contributed by atoms with Gasteiger partial charge in [0.25, 0.3) is 0 Å². The van der Waals surface area contributed by atoms with Crippen LogP contribution in [0, 0.1) is 0 Å². The molecule has 1 aliphatic carbocycles. The fourth-order valence-corrected chi connectivity index (χ4v) is 4.40. The van der Waals surface area contributed by atoms with Crippen molar-refractivity contribution in [1.29, 1.82) is 0 Å². The third-order valence-electron chi connectivity index (χ3n) is 2.18. The van der Waals surface area contributed by atoms with Crippen molar-refractivity contribution in [2.45, 2.75) is 23.9 Å². The molecule has 0 amide bonds. The molecule has 0 unspecified atom stereocenters. The topological polar surface area (TPSA) is 115 Å². The number of halogens is 1. The molecule has 9 heteroatoms. The van der Waals surface area contributed by atoms with Crippen LogP contribution in [0.3, 0.4) is 0 Å². The number of hydrogen-bond acceptors (Lipinski definition) is 2. The minimum atomic E-state index is -4.96. The molecular formula is C4H9FO6P2. The van der Waals surface area contributed by atoms with Crippen LogP contribution in [0.5, 0.6) is 0 Å². The first-order valence-electron chi connectivity index (χ1n) is 3.35. The van der Waals surface area contributed by atoms with Crippen LogP contribution in [0.4, 0.5) is 4.39 Å². The Kier molecular flexibility index (Phi) is 2.49. The SMILES string of the molecule is O=P(O)(O)C1(P(=O)(O)O)CC(F)C1.